The summed E-state index contributed by atoms with van der Waals surface area (Å²) in [4.78, 5) is -0.842. The highest BCUT2D eigenvalue weighted by molar-refractivity contribution is 6.56. The molecule has 0 amide bonds. The minimum Gasteiger partial charge on any atom is -0.411 e. The second-order valence-electron chi connectivity index (χ2n) is 3.35. The van der Waals surface area contributed by atoms with E-state index in [2.05, 4.69) is 5.16 Å². The molecular formula is C12H9Cl2NO. The van der Waals surface area contributed by atoms with Crippen LogP contribution < -0.4 is 0 Å². The molecular weight excluding hydrogens is 245 g/mol. The highest BCUT2D eigenvalue weighted by Crippen LogP contribution is 2.19. The van der Waals surface area contributed by atoms with E-state index in [0.29, 0.717) is 0 Å². The largest absolute Gasteiger partial charge is 0.411 e. The smallest absolute Gasteiger partial charge is 0.153 e. The molecule has 0 bridgehead atoms. The van der Waals surface area contributed by atoms with Crippen LogP contribution in [0.3, 0.4) is 0 Å². The molecule has 0 saturated heterocycles. The summed E-state index contributed by atoms with van der Waals surface area (Å²) in [5, 5.41) is 14.1. The van der Waals surface area contributed by atoms with Crippen molar-refractivity contribution in [1.82, 2.24) is 0 Å². The molecule has 2 rings (SSSR count). The van der Waals surface area contributed by atoms with Crippen LogP contribution in [0.25, 0.3) is 10.8 Å². The Morgan fingerprint density at radius 2 is 1.75 bits per heavy atom. The summed E-state index contributed by atoms with van der Waals surface area (Å²) in [6.45, 7) is 0. The fourth-order valence-corrected chi connectivity index (χ4v) is 1.92. The van der Waals surface area contributed by atoms with Gasteiger partial charge in [-0.1, -0.05) is 64.8 Å². The summed E-state index contributed by atoms with van der Waals surface area (Å²) in [5.74, 6) is 0. The summed E-state index contributed by atoms with van der Waals surface area (Å²) in [5.41, 5.74) is 0.977. The Labute approximate surface area is 103 Å². The zero-order valence-electron chi connectivity index (χ0n) is 8.27. The lowest BCUT2D eigenvalue weighted by atomic mass is 10.0. The number of halogens is 2. The van der Waals surface area contributed by atoms with E-state index in [1.54, 1.807) is 0 Å². The van der Waals surface area contributed by atoms with Crippen molar-refractivity contribution in [2.75, 3.05) is 0 Å². The maximum absolute atomic E-state index is 8.84. The third kappa shape index (κ3) is 2.13. The molecule has 0 spiro atoms. The molecule has 4 heteroatoms. The van der Waals surface area contributed by atoms with Crippen molar-refractivity contribution >= 4 is 39.7 Å². The van der Waals surface area contributed by atoms with E-state index in [-0.39, 0.29) is 5.71 Å². The van der Waals surface area contributed by atoms with Crippen LogP contribution in [0.5, 0.6) is 0 Å². The summed E-state index contributed by atoms with van der Waals surface area (Å²) in [6.07, 6.45) is 0. The zero-order chi connectivity index (χ0) is 11.5. The van der Waals surface area contributed by atoms with Crippen LogP contribution in [0.4, 0.5) is 0 Å². The summed E-state index contributed by atoms with van der Waals surface area (Å²) >= 11 is 11.4. The molecule has 0 atom stereocenters. The highest BCUT2D eigenvalue weighted by atomic mass is 35.5. The van der Waals surface area contributed by atoms with Crippen LogP contribution in [0.1, 0.15) is 5.56 Å². The van der Waals surface area contributed by atoms with Crippen LogP contribution in [0.2, 0.25) is 0 Å². The second kappa shape index (κ2) is 4.73. The van der Waals surface area contributed by atoms with Gasteiger partial charge in [0.25, 0.3) is 0 Å². The fourth-order valence-electron chi connectivity index (χ4n) is 1.58. The molecule has 0 radical (unpaired) electrons. The first-order valence-corrected chi connectivity index (χ1v) is 5.59. The van der Waals surface area contributed by atoms with E-state index < -0.39 is 4.84 Å². The number of fused-ring (bicyclic) bond motifs is 1. The number of hydrogen-bond acceptors (Lipinski definition) is 2. The van der Waals surface area contributed by atoms with E-state index in [1.165, 1.54) is 0 Å². The van der Waals surface area contributed by atoms with Gasteiger partial charge in [0.2, 0.25) is 0 Å². The SMILES string of the molecule is ON=C(c1ccc2ccccc2c1)C(Cl)Cl. The molecule has 0 aliphatic rings. The van der Waals surface area contributed by atoms with Gasteiger partial charge in [0, 0.05) is 5.56 Å². The third-order valence-electron chi connectivity index (χ3n) is 2.36. The monoisotopic (exact) mass is 253 g/mol. The molecule has 0 aliphatic carbocycles. The maximum atomic E-state index is 8.84. The van der Waals surface area contributed by atoms with Gasteiger partial charge < -0.3 is 5.21 Å². The minimum absolute atomic E-state index is 0.258. The Hall–Kier alpha value is -1.25. The summed E-state index contributed by atoms with van der Waals surface area (Å²) in [6, 6.07) is 13.6. The van der Waals surface area contributed by atoms with Crippen molar-refractivity contribution in [2.24, 2.45) is 5.16 Å². The number of benzene rings is 2. The predicted molar refractivity (Wildman–Crippen MR) is 67.8 cm³/mol. The van der Waals surface area contributed by atoms with E-state index in [9.17, 15) is 0 Å². The van der Waals surface area contributed by atoms with Crippen molar-refractivity contribution in [3.8, 4) is 0 Å². The number of nitrogens with zero attached hydrogens (tertiary/aromatic N) is 1. The van der Waals surface area contributed by atoms with Crippen molar-refractivity contribution in [3.05, 3.63) is 48.0 Å². The predicted octanol–water partition coefficient (Wildman–Crippen LogP) is 3.82. The number of rotatable bonds is 2. The lowest BCUT2D eigenvalue weighted by Gasteiger charge is -2.06. The molecule has 82 valence electrons. The Morgan fingerprint density at radius 3 is 2.38 bits per heavy atom. The molecule has 2 nitrogen and oxygen atoms in total. The molecule has 0 aromatic heterocycles. The van der Waals surface area contributed by atoms with Gasteiger partial charge in [-0.15, -0.1) is 0 Å². The first-order valence-electron chi connectivity index (χ1n) is 4.71. The van der Waals surface area contributed by atoms with E-state index in [4.69, 9.17) is 28.4 Å². The zero-order valence-corrected chi connectivity index (χ0v) is 9.78. The minimum atomic E-state index is -0.842. The Kier molecular flexibility index (Phi) is 3.32. The summed E-state index contributed by atoms with van der Waals surface area (Å²) in [7, 11) is 0. The van der Waals surface area contributed by atoms with Crippen LogP contribution in [-0.2, 0) is 0 Å². The van der Waals surface area contributed by atoms with Crippen LogP contribution in [0, 0.1) is 0 Å². The second-order valence-corrected chi connectivity index (χ2v) is 4.44. The highest BCUT2D eigenvalue weighted by Gasteiger charge is 2.13. The van der Waals surface area contributed by atoms with E-state index in [0.717, 1.165) is 16.3 Å². The van der Waals surface area contributed by atoms with Crippen molar-refractivity contribution in [1.29, 1.82) is 0 Å². The molecule has 0 unspecified atom stereocenters. The van der Waals surface area contributed by atoms with Gasteiger partial charge in [0.05, 0.1) is 0 Å². The Balaban J connectivity index is 2.54. The van der Waals surface area contributed by atoms with E-state index >= 15 is 0 Å². The van der Waals surface area contributed by atoms with Gasteiger partial charge in [0.1, 0.15) is 5.71 Å². The van der Waals surface area contributed by atoms with Crippen LogP contribution in [-0.4, -0.2) is 15.8 Å². The fraction of sp³-hybridized carbons (Fsp3) is 0.0833. The van der Waals surface area contributed by atoms with Gasteiger partial charge in [-0.3, -0.25) is 0 Å². The molecule has 2 aromatic rings. The molecule has 0 heterocycles. The number of oxime groups is 1. The third-order valence-corrected chi connectivity index (χ3v) is 2.77. The average molecular weight is 254 g/mol. The van der Waals surface area contributed by atoms with Gasteiger partial charge in [-0.05, 0) is 16.8 Å². The van der Waals surface area contributed by atoms with E-state index in [1.807, 2.05) is 42.5 Å². The number of hydrogen-bond donors (Lipinski definition) is 1. The number of alkyl halides is 2. The standard InChI is InChI=1S/C12H9Cl2NO/c13-12(14)11(15-16)10-6-5-8-3-1-2-4-9(8)7-10/h1-7,12,16H. The van der Waals surface area contributed by atoms with Gasteiger partial charge in [-0.25, -0.2) is 0 Å². The maximum Gasteiger partial charge on any atom is 0.153 e. The quantitative estimate of drug-likeness (QED) is 0.375. The molecule has 16 heavy (non-hydrogen) atoms. The Bertz CT molecular complexity index is 537. The van der Waals surface area contributed by atoms with Crippen LogP contribution in [0.15, 0.2) is 47.6 Å². The van der Waals surface area contributed by atoms with Crippen molar-refractivity contribution in [2.45, 2.75) is 4.84 Å². The topological polar surface area (TPSA) is 32.6 Å². The lowest BCUT2D eigenvalue weighted by Crippen LogP contribution is -2.09. The van der Waals surface area contributed by atoms with Gasteiger partial charge >= 0.3 is 0 Å². The molecule has 0 saturated carbocycles. The molecule has 2 aromatic carbocycles. The van der Waals surface area contributed by atoms with Gasteiger partial charge in [-0.2, -0.15) is 0 Å². The Morgan fingerprint density at radius 1 is 1.06 bits per heavy atom. The molecule has 1 N–H and O–H groups in total. The first kappa shape index (κ1) is 11.2. The van der Waals surface area contributed by atoms with Crippen LogP contribution >= 0.6 is 23.2 Å². The average Bonchev–Trinajstić information content (AvgIpc) is 2.29. The molecule has 0 fully saturated rings. The van der Waals surface area contributed by atoms with Crippen molar-refractivity contribution in [3.63, 3.8) is 0 Å². The normalized spacial score (nSPS) is 12.3. The first-order chi connectivity index (χ1) is 7.72. The molecule has 0 aliphatic heterocycles. The summed E-state index contributed by atoms with van der Waals surface area (Å²) < 4.78 is 0. The van der Waals surface area contributed by atoms with Crippen molar-refractivity contribution < 1.29 is 5.21 Å². The van der Waals surface area contributed by atoms with Gasteiger partial charge in [0.15, 0.2) is 4.84 Å². The lowest BCUT2D eigenvalue weighted by molar-refractivity contribution is 0.319.